The summed E-state index contributed by atoms with van der Waals surface area (Å²) in [5.74, 6) is -0.590. The van der Waals surface area contributed by atoms with Gasteiger partial charge in [-0.15, -0.1) is 0 Å². The van der Waals surface area contributed by atoms with Crippen molar-refractivity contribution in [1.82, 2.24) is 14.5 Å². The van der Waals surface area contributed by atoms with E-state index < -0.39 is 12.0 Å². The molecule has 1 N–H and O–H groups in total. The second-order valence-electron chi connectivity index (χ2n) is 5.67. The number of rotatable bonds is 3. The summed E-state index contributed by atoms with van der Waals surface area (Å²) in [6.07, 6.45) is 2.84. The maximum absolute atomic E-state index is 12.4. The lowest BCUT2D eigenvalue weighted by Crippen LogP contribution is -2.27. The molecule has 3 rings (SSSR count). The summed E-state index contributed by atoms with van der Waals surface area (Å²) in [5, 5.41) is 10.7. The number of likely N-dealkylation sites (tertiary alicyclic amines) is 1. The van der Waals surface area contributed by atoms with Gasteiger partial charge in [0.15, 0.2) is 0 Å². The van der Waals surface area contributed by atoms with Crippen LogP contribution in [0.25, 0.3) is 0 Å². The normalized spacial score (nSPS) is 23.6. The number of aliphatic hydroxyl groups is 1. The Kier molecular flexibility index (Phi) is 3.51. The third-order valence-corrected chi connectivity index (χ3v) is 4.15. The van der Waals surface area contributed by atoms with Gasteiger partial charge in [0.2, 0.25) is 5.91 Å². The number of aliphatic hydroxyl groups excluding tert-OH is 1. The van der Waals surface area contributed by atoms with Gasteiger partial charge in [0, 0.05) is 32.8 Å². The number of amides is 1. The van der Waals surface area contributed by atoms with Crippen molar-refractivity contribution in [2.45, 2.75) is 12.0 Å². The lowest BCUT2D eigenvalue weighted by molar-refractivity contribution is -0.133. The molecular weight excluding hydrogens is 266 g/mol. The van der Waals surface area contributed by atoms with Crippen molar-refractivity contribution < 1.29 is 9.90 Å². The van der Waals surface area contributed by atoms with E-state index >= 15 is 0 Å². The number of imidazole rings is 1. The molecule has 1 aliphatic rings. The molecule has 2 heterocycles. The molecule has 1 unspecified atom stereocenters. The highest BCUT2D eigenvalue weighted by Crippen LogP contribution is 2.40. The standard InChI is InChI=1S/C16H19N3O2/c1-18-9-13(17-10-18)12-8-19(2)16(21)14(12)15(20)11-6-4-3-5-7-11/h3-7,9-10,12,14-15,20H,8H2,1-2H3/t12-,14+,15?/m1/s1. The third kappa shape index (κ3) is 2.45. The molecule has 1 fully saturated rings. The molecule has 21 heavy (non-hydrogen) atoms. The van der Waals surface area contributed by atoms with Gasteiger partial charge in [0.1, 0.15) is 0 Å². The van der Waals surface area contributed by atoms with Crippen LogP contribution in [0, 0.1) is 5.92 Å². The molecule has 2 aromatic rings. The Balaban J connectivity index is 1.95. The molecule has 0 spiro atoms. The molecule has 1 aromatic carbocycles. The van der Waals surface area contributed by atoms with Crippen molar-refractivity contribution in [3.63, 3.8) is 0 Å². The second kappa shape index (κ2) is 5.33. The van der Waals surface area contributed by atoms with Crippen molar-refractivity contribution in [3.8, 4) is 0 Å². The Labute approximate surface area is 123 Å². The van der Waals surface area contributed by atoms with E-state index in [0.717, 1.165) is 11.3 Å². The summed E-state index contributed by atoms with van der Waals surface area (Å²) in [7, 11) is 3.68. The first-order chi connectivity index (χ1) is 10.1. The van der Waals surface area contributed by atoms with Crippen LogP contribution in [0.2, 0.25) is 0 Å². The largest absolute Gasteiger partial charge is 0.388 e. The number of aryl methyl sites for hydroxylation is 1. The number of nitrogens with zero attached hydrogens (tertiary/aromatic N) is 3. The van der Waals surface area contributed by atoms with E-state index in [4.69, 9.17) is 0 Å². The summed E-state index contributed by atoms with van der Waals surface area (Å²) in [6, 6.07) is 9.35. The molecule has 1 aliphatic heterocycles. The first-order valence-electron chi connectivity index (χ1n) is 7.04. The van der Waals surface area contributed by atoms with Crippen LogP contribution in [0.3, 0.4) is 0 Å². The number of carbonyl (C=O) groups is 1. The van der Waals surface area contributed by atoms with Crippen LogP contribution in [0.15, 0.2) is 42.9 Å². The Hall–Kier alpha value is -2.14. The van der Waals surface area contributed by atoms with Gasteiger partial charge in [-0.05, 0) is 5.56 Å². The highest BCUT2D eigenvalue weighted by atomic mass is 16.3. The molecule has 5 nitrogen and oxygen atoms in total. The van der Waals surface area contributed by atoms with Gasteiger partial charge >= 0.3 is 0 Å². The van der Waals surface area contributed by atoms with E-state index in [0.29, 0.717) is 6.54 Å². The van der Waals surface area contributed by atoms with Crippen LogP contribution in [-0.2, 0) is 11.8 Å². The van der Waals surface area contributed by atoms with Crippen molar-refractivity contribution in [2.75, 3.05) is 13.6 Å². The average molecular weight is 285 g/mol. The van der Waals surface area contributed by atoms with E-state index in [2.05, 4.69) is 4.98 Å². The van der Waals surface area contributed by atoms with E-state index in [1.54, 1.807) is 18.3 Å². The fourth-order valence-electron chi connectivity index (χ4n) is 3.04. The molecule has 0 radical (unpaired) electrons. The van der Waals surface area contributed by atoms with E-state index in [1.807, 2.05) is 48.1 Å². The Morgan fingerprint density at radius 3 is 2.62 bits per heavy atom. The number of hydrogen-bond donors (Lipinski definition) is 1. The van der Waals surface area contributed by atoms with Gasteiger partial charge in [-0.3, -0.25) is 4.79 Å². The van der Waals surface area contributed by atoms with E-state index in [-0.39, 0.29) is 11.8 Å². The smallest absolute Gasteiger partial charge is 0.229 e. The molecule has 1 aromatic heterocycles. The van der Waals surface area contributed by atoms with Crippen LogP contribution in [0.1, 0.15) is 23.3 Å². The number of benzene rings is 1. The average Bonchev–Trinajstić information content (AvgIpc) is 3.04. The third-order valence-electron chi connectivity index (χ3n) is 4.15. The summed E-state index contributed by atoms with van der Waals surface area (Å²) < 4.78 is 1.87. The van der Waals surface area contributed by atoms with Crippen LogP contribution in [0.4, 0.5) is 0 Å². The highest BCUT2D eigenvalue weighted by molar-refractivity contribution is 5.83. The minimum absolute atomic E-state index is 0.0259. The summed E-state index contributed by atoms with van der Waals surface area (Å²) in [5.41, 5.74) is 1.63. The number of aromatic nitrogens is 2. The Morgan fingerprint density at radius 1 is 1.29 bits per heavy atom. The Morgan fingerprint density at radius 2 is 2.00 bits per heavy atom. The minimum Gasteiger partial charge on any atom is -0.388 e. The van der Waals surface area contributed by atoms with Gasteiger partial charge < -0.3 is 14.6 Å². The second-order valence-corrected chi connectivity index (χ2v) is 5.67. The van der Waals surface area contributed by atoms with E-state index in [9.17, 15) is 9.90 Å². The summed E-state index contributed by atoms with van der Waals surface area (Å²) in [6.45, 7) is 0.588. The molecule has 110 valence electrons. The minimum atomic E-state index is -0.810. The maximum Gasteiger partial charge on any atom is 0.229 e. The molecule has 5 heteroatoms. The van der Waals surface area contributed by atoms with Crippen molar-refractivity contribution >= 4 is 5.91 Å². The molecular formula is C16H19N3O2. The summed E-state index contributed by atoms with van der Waals surface area (Å²) >= 11 is 0. The monoisotopic (exact) mass is 285 g/mol. The molecule has 3 atom stereocenters. The molecule has 1 saturated heterocycles. The fourth-order valence-corrected chi connectivity index (χ4v) is 3.04. The quantitative estimate of drug-likeness (QED) is 0.925. The van der Waals surface area contributed by atoms with Crippen LogP contribution in [0.5, 0.6) is 0 Å². The first kappa shape index (κ1) is 13.8. The van der Waals surface area contributed by atoms with Crippen LogP contribution in [-0.4, -0.2) is 39.1 Å². The fraction of sp³-hybridized carbons (Fsp3) is 0.375. The predicted molar refractivity (Wildman–Crippen MR) is 78.5 cm³/mol. The topological polar surface area (TPSA) is 58.4 Å². The van der Waals surface area contributed by atoms with Gasteiger partial charge in [0.05, 0.1) is 24.0 Å². The van der Waals surface area contributed by atoms with Gasteiger partial charge in [-0.25, -0.2) is 4.98 Å². The van der Waals surface area contributed by atoms with E-state index in [1.165, 1.54) is 0 Å². The van der Waals surface area contributed by atoms with Gasteiger partial charge in [-0.1, -0.05) is 30.3 Å². The van der Waals surface area contributed by atoms with Crippen molar-refractivity contribution in [3.05, 3.63) is 54.1 Å². The number of likely N-dealkylation sites (N-methyl/N-ethyl adjacent to an activating group) is 1. The zero-order valence-corrected chi connectivity index (χ0v) is 12.2. The number of hydrogen-bond acceptors (Lipinski definition) is 3. The molecule has 0 saturated carbocycles. The molecule has 1 amide bonds. The zero-order valence-electron chi connectivity index (χ0n) is 12.2. The lowest BCUT2D eigenvalue weighted by Gasteiger charge is -2.21. The SMILES string of the molecule is CN1C[C@H](c2cn(C)cn2)[C@@H](C(O)c2ccccc2)C1=O. The van der Waals surface area contributed by atoms with Crippen LogP contribution < -0.4 is 0 Å². The first-order valence-corrected chi connectivity index (χ1v) is 7.04. The Bertz CT molecular complexity index is 638. The maximum atomic E-state index is 12.4. The van der Waals surface area contributed by atoms with Crippen LogP contribution >= 0.6 is 0 Å². The lowest BCUT2D eigenvalue weighted by atomic mass is 9.85. The highest BCUT2D eigenvalue weighted by Gasteiger charge is 2.45. The predicted octanol–water partition coefficient (Wildman–Crippen LogP) is 1.33. The summed E-state index contributed by atoms with van der Waals surface area (Å²) in [4.78, 5) is 18.5. The van der Waals surface area contributed by atoms with Gasteiger partial charge in [-0.2, -0.15) is 0 Å². The molecule has 0 aliphatic carbocycles. The van der Waals surface area contributed by atoms with Crippen molar-refractivity contribution in [1.29, 1.82) is 0 Å². The molecule has 0 bridgehead atoms. The van der Waals surface area contributed by atoms with Gasteiger partial charge in [0.25, 0.3) is 0 Å². The number of carbonyl (C=O) groups excluding carboxylic acids is 1. The zero-order chi connectivity index (χ0) is 15.0. The van der Waals surface area contributed by atoms with Crippen molar-refractivity contribution in [2.24, 2.45) is 13.0 Å².